The van der Waals surface area contributed by atoms with Gasteiger partial charge in [-0.2, -0.15) is 5.26 Å². The zero-order valence-electron chi connectivity index (χ0n) is 8.84. The van der Waals surface area contributed by atoms with E-state index in [9.17, 15) is 18.0 Å². The lowest BCUT2D eigenvalue weighted by atomic mass is 10.1. The molecule has 0 radical (unpaired) electrons. The molecule has 1 rings (SSSR count). The number of carbonyl (C=O) groups is 1. The molecule has 0 amide bonds. The second-order valence-electron chi connectivity index (χ2n) is 2.98. The SMILES string of the molecule is COC(=O)c1c(C#N)cc(Br)cc1OC(F)(F)F. The van der Waals surface area contributed by atoms with Crippen LogP contribution in [-0.4, -0.2) is 19.4 Å². The summed E-state index contributed by atoms with van der Waals surface area (Å²) >= 11 is 2.92. The number of carbonyl (C=O) groups excluding carboxylic acids is 1. The van der Waals surface area contributed by atoms with E-state index < -0.39 is 23.6 Å². The molecule has 0 spiro atoms. The fourth-order valence-corrected chi connectivity index (χ4v) is 1.62. The number of hydrogen-bond donors (Lipinski definition) is 0. The quantitative estimate of drug-likeness (QED) is 0.785. The minimum atomic E-state index is -4.98. The zero-order chi connectivity index (χ0) is 13.9. The molecule has 0 heterocycles. The Kier molecular flexibility index (Phi) is 4.19. The van der Waals surface area contributed by atoms with E-state index in [4.69, 9.17) is 5.26 Å². The number of rotatable bonds is 2. The summed E-state index contributed by atoms with van der Waals surface area (Å²) in [6.07, 6.45) is -4.98. The Hall–Kier alpha value is -1.75. The van der Waals surface area contributed by atoms with Gasteiger partial charge < -0.3 is 9.47 Å². The molecule has 1 aromatic rings. The molecule has 18 heavy (non-hydrogen) atoms. The average Bonchev–Trinajstić information content (AvgIpc) is 2.25. The van der Waals surface area contributed by atoms with Crippen molar-refractivity contribution in [2.45, 2.75) is 6.36 Å². The number of nitrogens with zero attached hydrogens (tertiary/aromatic N) is 1. The minimum absolute atomic E-state index is 0.172. The van der Waals surface area contributed by atoms with Gasteiger partial charge in [0, 0.05) is 4.47 Å². The van der Waals surface area contributed by atoms with E-state index >= 15 is 0 Å². The predicted octanol–water partition coefficient (Wildman–Crippen LogP) is 3.01. The lowest BCUT2D eigenvalue weighted by Gasteiger charge is -2.13. The number of halogens is 4. The smallest absolute Gasteiger partial charge is 0.465 e. The molecule has 0 bridgehead atoms. The van der Waals surface area contributed by atoms with Gasteiger partial charge in [-0.15, -0.1) is 13.2 Å². The molecule has 0 saturated carbocycles. The van der Waals surface area contributed by atoms with E-state index in [1.807, 2.05) is 0 Å². The summed E-state index contributed by atoms with van der Waals surface area (Å²) < 4.78 is 44.7. The maximum absolute atomic E-state index is 12.2. The maximum atomic E-state index is 12.2. The Morgan fingerprint density at radius 1 is 1.44 bits per heavy atom. The Balaban J connectivity index is 3.43. The summed E-state index contributed by atoms with van der Waals surface area (Å²) in [5.41, 5.74) is -0.851. The molecule has 0 aliphatic heterocycles. The summed E-state index contributed by atoms with van der Waals surface area (Å²) in [7, 11) is 0.989. The first-order valence-electron chi connectivity index (χ1n) is 4.36. The maximum Gasteiger partial charge on any atom is 0.573 e. The van der Waals surface area contributed by atoms with E-state index in [-0.39, 0.29) is 10.0 Å². The Labute approximate surface area is 108 Å². The number of alkyl halides is 3. The molecule has 0 aliphatic rings. The largest absolute Gasteiger partial charge is 0.573 e. The Morgan fingerprint density at radius 2 is 2.06 bits per heavy atom. The van der Waals surface area contributed by atoms with Crippen molar-refractivity contribution in [3.05, 3.63) is 27.7 Å². The molecule has 0 fully saturated rings. The van der Waals surface area contributed by atoms with Crippen molar-refractivity contribution in [1.82, 2.24) is 0 Å². The van der Waals surface area contributed by atoms with Gasteiger partial charge in [-0.25, -0.2) is 4.79 Å². The molecule has 0 aromatic heterocycles. The van der Waals surface area contributed by atoms with Gasteiger partial charge in [-0.05, 0) is 12.1 Å². The topological polar surface area (TPSA) is 59.3 Å². The van der Waals surface area contributed by atoms with Crippen LogP contribution in [0.2, 0.25) is 0 Å². The molecule has 4 nitrogen and oxygen atoms in total. The van der Waals surface area contributed by atoms with E-state index in [1.54, 1.807) is 6.07 Å². The van der Waals surface area contributed by atoms with Crippen LogP contribution in [0.3, 0.4) is 0 Å². The normalized spacial score (nSPS) is 10.7. The number of hydrogen-bond acceptors (Lipinski definition) is 4. The van der Waals surface area contributed by atoms with Crippen molar-refractivity contribution in [3.8, 4) is 11.8 Å². The molecule has 0 atom stereocenters. The minimum Gasteiger partial charge on any atom is -0.465 e. The van der Waals surface area contributed by atoms with Gasteiger partial charge in [0.15, 0.2) is 0 Å². The number of ether oxygens (including phenoxy) is 2. The third kappa shape index (κ3) is 3.37. The lowest BCUT2D eigenvalue weighted by Crippen LogP contribution is -2.20. The summed E-state index contributed by atoms with van der Waals surface area (Å²) in [4.78, 5) is 11.4. The first-order chi connectivity index (χ1) is 8.28. The first-order valence-corrected chi connectivity index (χ1v) is 5.15. The van der Waals surface area contributed by atoms with Crippen LogP contribution in [0, 0.1) is 11.3 Å². The van der Waals surface area contributed by atoms with Crippen molar-refractivity contribution in [1.29, 1.82) is 5.26 Å². The molecule has 0 saturated heterocycles. The standard InChI is InChI=1S/C10H5BrF3NO3/c1-17-9(16)8-5(4-15)2-6(11)3-7(8)18-10(12,13)14/h2-3H,1H3. The van der Waals surface area contributed by atoms with Gasteiger partial charge in [0.1, 0.15) is 17.4 Å². The third-order valence-electron chi connectivity index (χ3n) is 1.80. The van der Waals surface area contributed by atoms with E-state index in [2.05, 4.69) is 25.4 Å². The van der Waals surface area contributed by atoms with Gasteiger partial charge in [-0.3, -0.25) is 0 Å². The van der Waals surface area contributed by atoms with Gasteiger partial charge in [0.25, 0.3) is 0 Å². The molecule has 1 aromatic carbocycles. The van der Waals surface area contributed by atoms with Crippen LogP contribution in [0.15, 0.2) is 16.6 Å². The summed E-state index contributed by atoms with van der Waals surface area (Å²) in [6.45, 7) is 0. The van der Waals surface area contributed by atoms with Crippen molar-refractivity contribution >= 4 is 21.9 Å². The Morgan fingerprint density at radius 3 is 2.50 bits per heavy atom. The Bertz CT molecular complexity index is 522. The molecule has 0 N–H and O–H groups in total. The average molecular weight is 324 g/mol. The van der Waals surface area contributed by atoms with Crippen LogP contribution in [0.5, 0.6) is 5.75 Å². The molecular weight excluding hydrogens is 319 g/mol. The second-order valence-corrected chi connectivity index (χ2v) is 3.89. The van der Waals surface area contributed by atoms with Gasteiger partial charge in [-0.1, -0.05) is 15.9 Å². The molecule has 0 aliphatic carbocycles. The van der Waals surface area contributed by atoms with Crippen LogP contribution in [0.1, 0.15) is 15.9 Å². The highest BCUT2D eigenvalue weighted by Gasteiger charge is 2.34. The molecule has 8 heteroatoms. The van der Waals surface area contributed by atoms with Gasteiger partial charge in [0.05, 0.1) is 12.7 Å². The second kappa shape index (κ2) is 5.27. The molecular formula is C10H5BrF3NO3. The number of esters is 1. The van der Waals surface area contributed by atoms with Gasteiger partial charge in [0.2, 0.25) is 0 Å². The van der Waals surface area contributed by atoms with Crippen molar-refractivity contribution in [2.24, 2.45) is 0 Å². The highest BCUT2D eigenvalue weighted by atomic mass is 79.9. The predicted molar refractivity (Wildman–Crippen MR) is 56.9 cm³/mol. The van der Waals surface area contributed by atoms with Crippen molar-refractivity contribution < 1.29 is 27.4 Å². The number of methoxy groups -OCH3 is 1. The van der Waals surface area contributed by atoms with Crippen LogP contribution < -0.4 is 4.74 Å². The first kappa shape index (κ1) is 14.3. The van der Waals surface area contributed by atoms with Crippen LogP contribution in [0.4, 0.5) is 13.2 Å². The number of benzene rings is 1. The monoisotopic (exact) mass is 323 g/mol. The zero-order valence-corrected chi connectivity index (χ0v) is 10.4. The van der Waals surface area contributed by atoms with Crippen molar-refractivity contribution in [2.75, 3.05) is 7.11 Å². The lowest BCUT2D eigenvalue weighted by molar-refractivity contribution is -0.274. The summed E-state index contributed by atoms with van der Waals surface area (Å²) in [5.74, 6) is -1.88. The molecule has 96 valence electrons. The van der Waals surface area contributed by atoms with E-state index in [0.717, 1.165) is 13.2 Å². The summed E-state index contributed by atoms with van der Waals surface area (Å²) in [5, 5.41) is 8.79. The van der Waals surface area contributed by atoms with Crippen molar-refractivity contribution in [3.63, 3.8) is 0 Å². The molecule has 0 unspecified atom stereocenters. The highest BCUT2D eigenvalue weighted by Crippen LogP contribution is 2.32. The highest BCUT2D eigenvalue weighted by molar-refractivity contribution is 9.10. The van der Waals surface area contributed by atoms with E-state index in [0.29, 0.717) is 0 Å². The fraction of sp³-hybridized carbons (Fsp3) is 0.200. The van der Waals surface area contributed by atoms with Crippen LogP contribution in [0.25, 0.3) is 0 Å². The third-order valence-corrected chi connectivity index (χ3v) is 2.26. The number of nitriles is 1. The van der Waals surface area contributed by atoms with Crippen LogP contribution in [-0.2, 0) is 4.74 Å². The summed E-state index contributed by atoms with van der Waals surface area (Å²) in [6, 6.07) is 3.72. The van der Waals surface area contributed by atoms with E-state index in [1.165, 1.54) is 6.07 Å². The van der Waals surface area contributed by atoms with Gasteiger partial charge >= 0.3 is 12.3 Å². The van der Waals surface area contributed by atoms with Crippen LogP contribution >= 0.6 is 15.9 Å². The fourth-order valence-electron chi connectivity index (χ4n) is 1.19.